The van der Waals surface area contributed by atoms with Crippen LogP contribution in [0.25, 0.3) is 0 Å². The van der Waals surface area contributed by atoms with E-state index in [4.69, 9.17) is 16.7 Å². The van der Waals surface area contributed by atoms with Crippen LogP contribution in [-0.4, -0.2) is 38.1 Å². The number of carbonyl (C=O) groups is 1. The first-order valence-electron chi connectivity index (χ1n) is 4.47. The molecular formula is C9H9BrClNO5S. The lowest BCUT2D eigenvalue weighted by Gasteiger charge is -2.15. The number of nitrogens with zero attached hydrogens (tertiary/aromatic N) is 1. The molecule has 0 aromatic heterocycles. The standard InChI is InChI=1S/C9H9BrClNO5S/c1-12(17-2)18(15,16)5-3-6(9(13)14)8(11)7(10)4-5/h3-4H,1-2H3,(H,13,14). The van der Waals surface area contributed by atoms with E-state index in [1.54, 1.807) is 0 Å². The minimum atomic E-state index is -3.93. The van der Waals surface area contributed by atoms with Gasteiger partial charge in [-0.25, -0.2) is 13.2 Å². The van der Waals surface area contributed by atoms with Crippen molar-refractivity contribution >= 4 is 43.5 Å². The van der Waals surface area contributed by atoms with Gasteiger partial charge < -0.3 is 5.11 Å². The molecule has 0 amide bonds. The normalized spacial score (nSPS) is 11.8. The fourth-order valence-corrected chi connectivity index (χ4v) is 2.94. The van der Waals surface area contributed by atoms with Crippen LogP contribution in [0.3, 0.4) is 0 Å². The van der Waals surface area contributed by atoms with E-state index in [0.717, 1.165) is 6.07 Å². The third-order valence-electron chi connectivity index (χ3n) is 2.13. The minimum absolute atomic E-state index is 0.0680. The quantitative estimate of drug-likeness (QED) is 0.832. The van der Waals surface area contributed by atoms with Gasteiger partial charge in [0.15, 0.2) is 0 Å². The Morgan fingerprint density at radius 2 is 2.06 bits per heavy atom. The second-order valence-electron chi connectivity index (χ2n) is 3.17. The van der Waals surface area contributed by atoms with Crippen LogP contribution in [0.5, 0.6) is 0 Å². The second kappa shape index (κ2) is 5.54. The van der Waals surface area contributed by atoms with Crippen molar-refractivity contribution < 1.29 is 23.2 Å². The summed E-state index contributed by atoms with van der Waals surface area (Å²) < 4.78 is 24.7. The number of hydrogen-bond acceptors (Lipinski definition) is 4. The van der Waals surface area contributed by atoms with Crippen LogP contribution in [0.2, 0.25) is 5.02 Å². The van der Waals surface area contributed by atoms with Crippen molar-refractivity contribution in [2.45, 2.75) is 4.90 Å². The predicted molar refractivity (Wildman–Crippen MR) is 68.1 cm³/mol. The Bertz CT molecular complexity index is 589. The summed E-state index contributed by atoms with van der Waals surface area (Å²) in [7, 11) is -1.55. The summed E-state index contributed by atoms with van der Waals surface area (Å²) in [6, 6.07) is 2.18. The molecule has 1 aromatic carbocycles. The highest BCUT2D eigenvalue weighted by Crippen LogP contribution is 2.30. The molecule has 0 aliphatic heterocycles. The van der Waals surface area contributed by atoms with E-state index in [-0.39, 0.29) is 20.0 Å². The molecule has 1 aromatic rings. The minimum Gasteiger partial charge on any atom is -0.478 e. The van der Waals surface area contributed by atoms with Gasteiger partial charge in [0.05, 0.1) is 22.6 Å². The van der Waals surface area contributed by atoms with Crippen molar-refractivity contribution in [2.24, 2.45) is 0 Å². The number of carboxylic acids is 1. The number of sulfonamides is 1. The van der Waals surface area contributed by atoms with Crippen molar-refractivity contribution in [3.8, 4) is 0 Å². The molecule has 1 rings (SSSR count). The molecule has 9 heteroatoms. The first-order valence-corrected chi connectivity index (χ1v) is 7.08. The SMILES string of the molecule is CON(C)S(=O)(=O)c1cc(Br)c(Cl)c(C(=O)O)c1. The monoisotopic (exact) mass is 357 g/mol. The van der Waals surface area contributed by atoms with E-state index < -0.39 is 16.0 Å². The van der Waals surface area contributed by atoms with E-state index in [1.165, 1.54) is 20.2 Å². The van der Waals surface area contributed by atoms with Gasteiger partial charge in [0.25, 0.3) is 10.0 Å². The number of hydrogen-bond donors (Lipinski definition) is 1. The van der Waals surface area contributed by atoms with Crippen LogP contribution in [0.4, 0.5) is 0 Å². The van der Waals surface area contributed by atoms with E-state index in [1.807, 2.05) is 0 Å². The van der Waals surface area contributed by atoms with Gasteiger partial charge in [-0.15, -0.1) is 0 Å². The number of carboxylic acid groups (broad SMARTS) is 1. The molecule has 0 saturated carbocycles. The molecule has 0 saturated heterocycles. The van der Waals surface area contributed by atoms with Crippen molar-refractivity contribution in [1.82, 2.24) is 4.47 Å². The molecule has 0 unspecified atom stereocenters. The summed E-state index contributed by atoms with van der Waals surface area (Å²) in [5.74, 6) is -1.32. The van der Waals surface area contributed by atoms with Crippen LogP contribution < -0.4 is 0 Å². The second-order valence-corrected chi connectivity index (χ2v) is 6.34. The molecule has 0 heterocycles. The third-order valence-corrected chi connectivity index (χ3v) is 5.04. The van der Waals surface area contributed by atoms with Crippen molar-refractivity contribution in [1.29, 1.82) is 0 Å². The molecule has 0 fully saturated rings. The zero-order valence-electron chi connectivity index (χ0n) is 9.35. The fraction of sp³-hybridized carbons (Fsp3) is 0.222. The number of rotatable bonds is 4. The topological polar surface area (TPSA) is 83.9 Å². The summed E-state index contributed by atoms with van der Waals surface area (Å²) in [4.78, 5) is 15.3. The molecule has 18 heavy (non-hydrogen) atoms. The number of halogens is 2. The molecular weight excluding hydrogens is 350 g/mol. The van der Waals surface area contributed by atoms with E-state index in [2.05, 4.69) is 20.8 Å². The number of aromatic carboxylic acids is 1. The number of hydroxylamine groups is 1. The summed E-state index contributed by atoms with van der Waals surface area (Å²) >= 11 is 8.77. The lowest BCUT2D eigenvalue weighted by molar-refractivity contribution is -0.0258. The molecule has 0 spiro atoms. The van der Waals surface area contributed by atoms with Gasteiger partial charge in [-0.1, -0.05) is 16.1 Å². The Kier molecular flexibility index (Phi) is 4.73. The van der Waals surface area contributed by atoms with Crippen molar-refractivity contribution in [3.05, 3.63) is 27.2 Å². The van der Waals surface area contributed by atoms with E-state index >= 15 is 0 Å². The molecule has 1 N–H and O–H groups in total. The van der Waals surface area contributed by atoms with Gasteiger partial charge in [0, 0.05) is 11.5 Å². The average Bonchev–Trinajstić information content (AvgIpc) is 2.30. The fourth-order valence-electron chi connectivity index (χ4n) is 1.12. The maximum Gasteiger partial charge on any atom is 0.337 e. The molecule has 100 valence electrons. The maximum atomic E-state index is 11.9. The Morgan fingerprint density at radius 1 is 1.50 bits per heavy atom. The summed E-state index contributed by atoms with van der Waals surface area (Å²) in [6.07, 6.45) is 0. The molecule has 6 nitrogen and oxygen atoms in total. The van der Waals surface area contributed by atoms with Gasteiger partial charge in [-0.3, -0.25) is 4.84 Å². The van der Waals surface area contributed by atoms with Crippen LogP contribution in [0.15, 0.2) is 21.5 Å². The highest BCUT2D eigenvalue weighted by Gasteiger charge is 2.24. The molecule has 0 radical (unpaired) electrons. The smallest absolute Gasteiger partial charge is 0.337 e. The van der Waals surface area contributed by atoms with Gasteiger partial charge in [-0.2, -0.15) is 0 Å². The largest absolute Gasteiger partial charge is 0.478 e. The highest BCUT2D eigenvalue weighted by molar-refractivity contribution is 9.10. The van der Waals surface area contributed by atoms with Gasteiger partial charge in [0.2, 0.25) is 0 Å². The van der Waals surface area contributed by atoms with Gasteiger partial charge in [-0.05, 0) is 28.1 Å². The Morgan fingerprint density at radius 3 is 2.50 bits per heavy atom. The van der Waals surface area contributed by atoms with Gasteiger partial charge >= 0.3 is 5.97 Å². The Hall–Kier alpha value is -0.670. The van der Waals surface area contributed by atoms with Gasteiger partial charge in [0.1, 0.15) is 0 Å². The highest BCUT2D eigenvalue weighted by atomic mass is 79.9. The molecule has 0 aliphatic carbocycles. The van der Waals surface area contributed by atoms with Crippen LogP contribution in [-0.2, 0) is 14.9 Å². The van der Waals surface area contributed by atoms with Crippen LogP contribution in [0.1, 0.15) is 10.4 Å². The molecule has 0 aliphatic rings. The van der Waals surface area contributed by atoms with Crippen molar-refractivity contribution in [3.63, 3.8) is 0 Å². The lowest BCUT2D eigenvalue weighted by Crippen LogP contribution is -2.26. The maximum absolute atomic E-state index is 11.9. The zero-order chi connectivity index (χ0) is 14.1. The first-order chi connectivity index (χ1) is 8.21. The Labute approximate surface area is 117 Å². The van der Waals surface area contributed by atoms with Crippen LogP contribution in [0, 0.1) is 0 Å². The zero-order valence-corrected chi connectivity index (χ0v) is 12.5. The first kappa shape index (κ1) is 15.4. The summed E-state index contributed by atoms with van der Waals surface area (Å²) in [6.45, 7) is 0. The van der Waals surface area contributed by atoms with Crippen LogP contribution >= 0.6 is 27.5 Å². The van der Waals surface area contributed by atoms with E-state index in [9.17, 15) is 13.2 Å². The molecule has 0 atom stereocenters. The molecule has 0 bridgehead atoms. The summed E-state index contributed by atoms with van der Waals surface area (Å²) in [5.41, 5.74) is -0.311. The van der Waals surface area contributed by atoms with E-state index in [0.29, 0.717) is 4.47 Å². The predicted octanol–water partition coefficient (Wildman–Crippen LogP) is 1.98. The number of benzene rings is 1. The summed E-state index contributed by atoms with van der Waals surface area (Å²) in [5, 5.41) is 8.86. The lowest BCUT2D eigenvalue weighted by atomic mass is 10.2. The average molecular weight is 359 g/mol. The Balaban J connectivity index is 3.50. The third kappa shape index (κ3) is 2.83. The van der Waals surface area contributed by atoms with Crippen molar-refractivity contribution in [2.75, 3.05) is 14.2 Å².